The molecule has 1 aromatic rings. The summed E-state index contributed by atoms with van der Waals surface area (Å²) in [5, 5.41) is 12.6. The van der Waals surface area contributed by atoms with Crippen molar-refractivity contribution in [3.63, 3.8) is 0 Å². The smallest absolute Gasteiger partial charge is 0.0558 e. The third-order valence-electron chi connectivity index (χ3n) is 3.81. The van der Waals surface area contributed by atoms with Gasteiger partial charge in [-0.05, 0) is 12.6 Å². The second-order valence-electron chi connectivity index (χ2n) is 5.18. The number of nitrogens with zero attached hydrogens (tertiary/aromatic N) is 2. The van der Waals surface area contributed by atoms with Crippen LogP contribution in [-0.4, -0.2) is 67.8 Å². The first-order chi connectivity index (χ1) is 9.31. The first-order valence-electron chi connectivity index (χ1n) is 7.10. The second kappa shape index (κ2) is 7.60. The molecule has 1 aliphatic rings. The van der Waals surface area contributed by atoms with Gasteiger partial charge in [-0.2, -0.15) is 0 Å². The summed E-state index contributed by atoms with van der Waals surface area (Å²) >= 11 is 0. The van der Waals surface area contributed by atoms with E-state index in [0.29, 0.717) is 12.6 Å². The Hall–Kier alpha value is -0.940. The van der Waals surface area contributed by atoms with E-state index in [0.717, 1.165) is 32.7 Å². The van der Waals surface area contributed by atoms with Gasteiger partial charge in [-0.15, -0.1) is 0 Å². The largest absolute Gasteiger partial charge is 0.395 e. The number of piperazine rings is 1. The summed E-state index contributed by atoms with van der Waals surface area (Å²) in [7, 11) is 2.09. The minimum Gasteiger partial charge on any atom is -0.395 e. The van der Waals surface area contributed by atoms with Crippen LogP contribution in [0, 0.1) is 0 Å². The maximum atomic E-state index is 9.17. The minimum atomic E-state index is 0.210. The Morgan fingerprint density at radius 2 is 1.95 bits per heavy atom. The van der Waals surface area contributed by atoms with E-state index in [1.165, 1.54) is 5.56 Å². The molecule has 1 fully saturated rings. The zero-order chi connectivity index (χ0) is 13.5. The number of hydrogen-bond donors (Lipinski definition) is 2. The highest BCUT2D eigenvalue weighted by Gasteiger charge is 2.21. The fourth-order valence-corrected chi connectivity index (χ4v) is 2.63. The van der Waals surface area contributed by atoms with Crippen LogP contribution in [0.1, 0.15) is 11.6 Å². The van der Waals surface area contributed by atoms with Gasteiger partial charge < -0.3 is 10.4 Å². The topological polar surface area (TPSA) is 38.7 Å². The molecule has 0 saturated carbocycles. The van der Waals surface area contributed by atoms with E-state index < -0.39 is 0 Å². The molecule has 2 rings (SSSR count). The van der Waals surface area contributed by atoms with Crippen LogP contribution in [0.15, 0.2) is 30.3 Å². The van der Waals surface area contributed by atoms with Crippen molar-refractivity contribution in [2.75, 3.05) is 52.9 Å². The van der Waals surface area contributed by atoms with Gasteiger partial charge in [0.15, 0.2) is 0 Å². The van der Waals surface area contributed by atoms with Crippen molar-refractivity contribution in [2.24, 2.45) is 0 Å². The minimum absolute atomic E-state index is 0.210. The molecular weight excluding hydrogens is 238 g/mol. The van der Waals surface area contributed by atoms with Crippen molar-refractivity contribution < 1.29 is 5.11 Å². The second-order valence-corrected chi connectivity index (χ2v) is 5.18. The van der Waals surface area contributed by atoms with Crippen molar-refractivity contribution in [2.45, 2.75) is 6.04 Å². The highest BCUT2D eigenvalue weighted by Crippen LogP contribution is 2.20. The molecule has 0 amide bonds. The molecule has 106 valence electrons. The third-order valence-corrected chi connectivity index (χ3v) is 3.81. The average Bonchev–Trinajstić information content (AvgIpc) is 2.47. The third kappa shape index (κ3) is 4.28. The Labute approximate surface area is 116 Å². The molecule has 0 spiro atoms. The molecule has 4 nitrogen and oxygen atoms in total. The summed E-state index contributed by atoms with van der Waals surface area (Å²) < 4.78 is 0. The molecule has 2 N–H and O–H groups in total. The first kappa shape index (κ1) is 14.5. The number of hydrogen-bond acceptors (Lipinski definition) is 4. The van der Waals surface area contributed by atoms with Gasteiger partial charge in [0.2, 0.25) is 0 Å². The summed E-state index contributed by atoms with van der Waals surface area (Å²) in [5.41, 5.74) is 1.33. The van der Waals surface area contributed by atoms with Gasteiger partial charge in [0.1, 0.15) is 0 Å². The fraction of sp³-hybridized carbons (Fsp3) is 0.600. The van der Waals surface area contributed by atoms with Crippen molar-refractivity contribution in [1.82, 2.24) is 15.1 Å². The van der Waals surface area contributed by atoms with Crippen molar-refractivity contribution in [1.29, 1.82) is 0 Å². The lowest BCUT2D eigenvalue weighted by Crippen LogP contribution is -2.47. The van der Waals surface area contributed by atoms with Gasteiger partial charge in [0.05, 0.1) is 6.61 Å². The van der Waals surface area contributed by atoms with Crippen LogP contribution < -0.4 is 5.32 Å². The van der Waals surface area contributed by atoms with E-state index in [9.17, 15) is 5.11 Å². The lowest BCUT2D eigenvalue weighted by atomic mass is 10.0. The molecular formula is C15H25N3O. The number of rotatable bonds is 6. The van der Waals surface area contributed by atoms with Crippen molar-refractivity contribution in [3.05, 3.63) is 35.9 Å². The van der Waals surface area contributed by atoms with Crippen LogP contribution in [0.5, 0.6) is 0 Å². The zero-order valence-electron chi connectivity index (χ0n) is 11.8. The van der Waals surface area contributed by atoms with E-state index in [1.807, 2.05) is 0 Å². The van der Waals surface area contributed by atoms with Crippen LogP contribution in [0.25, 0.3) is 0 Å². The Kier molecular flexibility index (Phi) is 5.79. The molecule has 0 aromatic heterocycles. The summed E-state index contributed by atoms with van der Waals surface area (Å²) in [4.78, 5) is 4.75. The standard InChI is InChI=1S/C15H25N3O/c1-17(11-12-19)15(14-5-3-2-4-6-14)13-18-9-7-16-8-10-18/h2-6,15-16,19H,7-13H2,1H3. The van der Waals surface area contributed by atoms with E-state index in [1.54, 1.807) is 0 Å². The number of likely N-dealkylation sites (N-methyl/N-ethyl adjacent to an activating group) is 1. The fourth-order valence-electron chi connectivity index (χ4n) is 2.63. The molecule has 1 saturated heterocycles. The predicted molar refractivity (Wildman–Crippen MR) is 78.2 cm³/mol. The SMILES string of the molecule is CN(CCO)C(CN1CCNCC1)c1ccccc1. The predicted octanol–water partition coefficient (Wildman–Crippen LogP) is 0.557. The number of aliphatic hydroxyl groups is 1. The van der Waals surface area contributed by atoms with Crippen LogP contribution in [0.3, 0.4) is 0 Å². The molecule has 1 heterocycles. The van der Waals surface area contributed by atoms with Crippen LogP contribution in [0.4, 0.5) is 0 Å². The normalized spacial score (nSPS) is 18.7. The summed E-state index contributed by atoms with van der Waals surface area (Å²) in [6, 6.07) is 10.9. The van der Waals surface area contributed by atoms with Gasteiger partial charge in [-0.3, -0.25) is 9.80 Å². The van der Waals surface area contributed by atoms with Gasteiger partial charge in [-0.1, -0.05) is 30.3 Å². The summed E-state index contributed by atoms with van der Waals surface area (Å²) in [5.74, 6) is 0. The quantitative estimate of drug-likeness (QED) is 0.786. The van der Waals surface area contributed by atoms with Crippen LogP contribution in [0.2, 0.25) is 0 Å². The summed E-state index contributed by atoms with van der Waals surface area (Å²) in [6.07, 6.45) is 0. The molecule has 1 aromatic carbocycles. The molecule has 0 aliphatic carbocycles. The lowest BCUT2D eigenvalue weighted by molar-refractivity contribution is 0.130. The van der Waals surface area contributed by atoms with Gasteiger partial charge in [-0.25, -0.2) is 0 Å². The first-order valence-corrected chi connectivity index (χ1v) is 7.10. The highest BCUT2D eigenvalue weighted by atomic mass is 16.3. The number of nitrogens with one attached hydrogen (secondary N) is 1. The van der Waals surface area contributed by atoms with Crippen molar-refractivity contribution >= 4 is 0 Å². The molecule has 0 bridgehead atoms. The molecule has 4 heteroatoms. The number of aliphatic hydroxyl groups excluding tert-OH is 1. The maximum Gasteiger partial charge on any atom is 0.0558 e. The van der Waals surface area contributed by atoms with Crippen LogP contribution in [-0.2, 0) is 0 Å². The molecule has 1 aliphatic heterocycles. The lowest BCUT2D eigenvalue weighted by Gasteiger charge is -2.35. The van der Waals surface area contributed by atoms with Crippen molar-refractivity contribution in [3.8, 4) is 0 Å². The van der Waals surface area contributed by atoms with E-state index >= 15 is 0 Å². The van der Waals surface area contributed by atoms with Gasteiger partial charge >= 0.3 is 0 Å². The number of benzene rings is 1. The Balaban J connectivity index is 2.05. The maximum absolute atomic E-state index is 9.17. The monoisotopic (exact) mass is 263 g/mol. The average molecular weight is 263 g/mol. The van der Waals surface area contributed by atoms with Crippen LogP contribution >= 0.6 is 0 Å². The molecule has 19 heavy (non-hydrogen) atoms. The Bertz CT molecular complexity index is 352. The molecule has 1 unspecified atom stereocenters. The molecule has 1 atom stereocenters. The van der Waals surface area contributed by atoms with Gasteiger partial charge in [0, 0.05) is 45.3 Å². The van der Waals surface area contributed by atoms with E-state index in [-0.39, 0.29) is 6.61 Å². The van der Waals surface area contributed by atoms with E-state index in [2.05, 4.69) is 52.5 Å². The zero-order valence-corrected chi connectivity index (χ0v) is 11.8. The van der Waals surface area contributed by atoms with Gasteiger partial charge in [0.25, 0.3) is 0 Å². The highest BCUT2D eigenvalue weighted by molar-refractivity contribution is 5.19. The molecule has 0 radical (unpaired) electrons. The van der Waals surface area contributed by atoms with E-state index in [4.69, 9.17) is 0 Å². The summed E-state index contributed by atoms with van der Waals surface area (Å²) in [6.45, 7) is 6.32. The Morgan fingerprint density at radius 3 is 2.58 bits per heavy atom. The Morgan fingerprint density at radius 1 is 1.26 bits per heavy atom.